The van der Waals surface area contributed by atoms with Gasteiger partial charge in [-0.1, -0.05) is 60.7 Å². The summed E-state index contributed by atoms with van der Waals surface area (Å²) in [5, 5.41) is 5.86. The maximum atomic E-state index is 14.7. The van der Waals surface area contributed by atoms with Gasteiger partial charge in [-0.25, -0.2) is 4.39 Å². The Morgan fingerprint density at radius 3 is 2.48 bits per heavy atom. The van der Waals surface area contributed by atoms with Crippen molar-refractivity contribution in [1.29, 1.82) is 0 Å². The summed E-state index contributed by atoms with van der Waals surface area (Å²) < 4.78 is 14.7. The first kappa shape index (κ1) is 16.2. The molecule has 1 N–H and O–H groups in total. The van der Waals surface area contributed by atoms with Crippen LogP contribution in [0.1, 0.15) is 23.6 Å². The SMILES string of the molecule is Fc1ccccc1C(c1cccc2ccccc12)N1CCCNCC1. The number of hydrogen-bond acceptors (Lipinski definition) is 2. The van der Waals surface area contributed by atoms with E-state index in [-0.39, 0.29) is 11.9 Å². The molecule has 1 atom stereocenters. The molecule has 0 saturated carbocycles. The van der Waals surface area contributed by atoms with E-state index in [0.29, 0.717) is 0 Å². The van der Waals surface area contributed by atoms with Gasteiger partial charge in [-0.05, 0) is 35.4 Å². The minimum atomic E-state index is -0.127. The maximum absolute atomic E-state index is 14.7. The van der Waals surface area contributed by atoms with Crippen LogP contribution in [0.4, 0.5) is 4.39 Å². The molecule has 0 aliphatic carbocycles. The predicted octanol–water partition coefficient (Wildman–Crippen LogP) is 4.36. The lowest BCUT2D eigenvalue weighted by atomic mass is 9.92. The molecule has 4 rings (SSSR count). The standard InChI is InChI=1S/C22H23FN2/c23-21-12-4-3-10-20(21)22(25-15-6-13-24-14-16-25)19-11-5-8-17-7-1-2-9-18(17)19/h1-5,7-12,22,24H,6,13-16H2. The number of rotatable bonds is 3. The van der Waals surface area contributed by atoms with E-state index >= 15 is 0 Å². The summed E-state index contributed by atoms with van der Waals surface area (Å²) in [6.07, 6.45) is 1.08. The Balaban J connectivity index is 1.89. The van der Waals surface area contributed by atoms with Crippen LogP contribution in [0.15, 0.2) is 66.7 Å². The quantitative estimate of drug-likeness (QED) is 0.765. The summed E-state index contributed by atoms with van der Waals surface area (Å²) >= 11 is 0. The highest BCUT2D eigenvalue weighted by Crippen LogP contribution is 2.35. The molecule has 1 heterocycles. The van der Waals surface area contributed by atoms with Gasteiger partial charge in [0.1, 0.15) is 5.82 Å². The van der Waals surface area contributed by atoms with Crippen molar-refractivity contribution >= 4 is 10.8 Å². The maximum Gasteiger partial charge on any atom is 0.128 e. The van der Waals surface area contributed by atoms with Crippen LogP contribution in [0.3, 0.4) is 0 Å². The van der Waals surface area contributed by atoms with Crippen molar-refractivity contribution < 1.29 is 4.39 Å². The van der Waals surface area contributed by atoms with Crippen LogP contribution in [0.2, 0.25) is 0 Å². The molecule has 3 heteroatoms. The van der Waals surface area contributed by atoms with Crippen molar-refractivity contribution in [3.8, 4) is 0 Å². The van der Waals surface area contributed by atoms with E-state index in [0.717, 1.165) is 38.2 Å². The van der Waals surface area contributed by atoms with E-state index in [4.69, 9.17) is 0 Å². The van der Waals surface area contributed by atoms with Crippen LogP contribution in [0.5, 0.6) is 0 Å². The molecular weight excluding hydrogens is 311 g/mol. The Labute approximate surface area is 148 Å². The zero-order valence-corrected chi connectivity index (χ0v) is 14.3. The number of benzene rings is 3. The van der Waals surface area contributed by atoms with Crippen molar-refractivity contribution in [1.82, 2.24) is 10.2 Å². The molecule has 0 bridgehead atoms. The number of nitrogens with zero attached hydrogens (tertiary/aromatic N) is 1. The molecular formula is C22H23FN2. The van der Waals surface area contributed by atoms with Gasteiger partial charge in [0, 0.05) is 25.2 Å². The Hall–Kier alpha value is -2.23. The first-order chi connectivity index (χ1) is 12.3. The molecule has 3 aromatic rings. The largest absolute Gasteiger partial charge is 0.315 e. The van der Waals surface area contributed by atoms with Crippen LogP contribution in [0, 0.1) is 5.82 Å². The lowest BCUT2D eigenvalue weighted by molar-refractivity contribution is 0.238. The van der Waals surface area contributed by atoms with Crippen LogP contribution >= 0.6 is 0 Å². The number of halogens is 1. The van der Waals surface area contributed by atoms with Gasteiger partial charge in [0.25, 0.3) is 0 Å². The number of hydrogen-bond donors (Lipinski definition) is 1. The molecule has 1 fully saturated rings. The zero-order chi connectivity index (χ0) is 17.1. The molecule has 0 radical (unpaired) electrons. The lowest BCUT2D eigenvalue weighted by Gasteiger charge is -2.32. The van der Waals surface area contributed by atoms with E-state index in [2.05, 4.69) is 52.7 Å². The van der Waals surface area contributed by atoms with Crippen LogP contribution in [-0.2, 0) is 0 Å². The number of fused-ring (bicyclic) bond motifs is 1. The molecule has 1 aliphatic rings. The second-order valence-electron chi connectivity index (χ2n) is 6.63. The number of nitrogens with one attached hydrogen (secondary N) is 1. The van der Waals surface area contributed by atoms with Gasteiger partial charge in [0.05, 0.1) is 6.04 Å². The van der Waals surface area contributed by atoms with Gasteiger partial charge in [0.15, 0.2) is 0 Å². The third-order valence-corrected chi connectivity index (χ3v) is 5.06. The third-order valence-electron chi connectivity index (χ3n) is 5.06. The van der Waals surface area contributed by atoms with E-state index in [9.17, 15) is 4.39 Å². The molecule has 1 saturated heterocycles. The Morgan fingerprint density at radius 1 is 0.800 bits per heavy atom. The molecule has 0 spiro atoms. The van der Waals surface area contributed by atoms with Crippen LogP contribution in [0.25, 0.3) is 10.8 Å². The fourth-order valence-electron chi connectivity index (χ4n) is 3.87. The van der Waals surface area contributed by atoms with Crippen LogP contribution in [-0.4, -0.2) is 31.1 Å². The van der Waals surface area contributed by atoms with E-state index in [1.807, 2.05) is 12.1 Å². The smallest absolute Gasteiger partial charge is 0.128 e. The van der Waals surface area contributed by atoms with E-state index in [1.165, 1.54) is 16.3 Å². The summed E-state index contributed by atoms with van der Waals surface area (Å²) in [5.74, 6) is -0.127. The second kappa shape index (κ2) is 7.34. The highest BCUT2D eigenvalue weighted by Gasteiger charge is 2.26. The first-order valence-corrected chi connectivity index (χ1v) is 9.01. The molecule has 128 valence electrons. The van der Waals surface area contributed by atoms with Gasteiger partial charge in [-0.3, -0.25) is 4.90 Å². The summed E-state index contributed by atoms with van der Waals surface area (Å²) in [5.41, 5.74) is 1.95. The topological polar surface area (TPSA) is 15.3 Å². The van der Waals surface area contributed by atoms with Gasteiger partial charge < -0.3 is 5.32 Å². The Morgan fingerprint density at radius 2 is 1.56 bits per heavy atom. The van der Waals surface area contributed by atoms with E-state index < -0.39 is 0 Å². The van der Waals surface area contributed by atoms with E-state index in [1.54, 1.807) is 12.1 Å². The average molecular weight is 334 g/mol. The normalized spacial score (nSPS) is 17.3. The minimum Gasteiger partial charge on any atom is -0.315 e. The highest BCUT2D eigenvalue weighted by molar-refractivity contribution is 5.86. The molecule has 2 nitrogen and oxygen atoms in total. The van der Waals surface area contributed by atoms with Gasteiger partial charge in [-0.15, -0.1) is 0 Å². The monoisotopic (exact) mass is 334 g/mol. The van der Waals surface area contributed by atoms with Gasteiger partial charge in [0.2, 0.25) is 0 Å². The van der Waals surface area contributed by atoms with Crippen molar-refractivity contribution in [2.45, 2.75) is 12.5 Å². The molecule has 1 aliphatic heterocycles. The molecule has 0 amide bonds. The molecule has 25 heavy (non-hydrogen) atoms. The molecule has 3 aromatic carbocycles. The zero-order valence-electron chi connectivity index (χ0n) is 14.3. The fraction of sp³-hybridized carbons (Fsp3) is 0.273. The van der Waals surface area contributed by atoms with Gasteiger partial charge >= 0.3 is 0 Å². The Kier molecular flexibility index (Phi) is 4.77. The van der Waals surface area contributed by atoms with Crippen molar-refractivity contribution in [3.05, 3.63) is 83.7 Å². The third kappa shape index (κ3) is 3.30. The second-order valence-corrected chi connectivity index (χ2v) is 6.63. The fourth-order valence-corrected chi connectivity index (χ4v) is 3.87. The Bertz CT molecular complexity index is 848. The lowest BCUT2D eigenvalue weighted by Crippen LogP contribution is -2.33. The summed E-state index contributed by atoms with van der Waals surface area (Å²) in [4.78, 5) is 2.42. The minimum absolute atomic E-state index is 0.0628. The molecule has 1 unspecified atom stereocenters. The van der Waals surface area contributed by atoms with Crippen molar-refractivity contribution in [2.75, 3.05) is 26.2 Å². The summed E-state index contributed by atoms with van der Waals surface area (Å²) in [6.45, 7) is 3.85. The van der Waals surface area contributed by atoms with Gasteiger partial charge in [-0.2, -0.15) is 0 Å². The van der Waals surface area contributed by atoms with Crippen molar-refractivity contribution in [2.24, 2.45) is 0 Å². The van der Waals surface area contributed by atoms with Crippen molar-refractivity contribution in [3.63, 3.8) is 0 Å². The van der Waals surface area contributed by atoms with Crippen LogP contribution < -0.4 is 5.32 Å². The molecule has 0 aromatic heterocycles. The summed E-state index contributed by atoms with van der Waals surface area (Å²) in [7, 11) is 0. The highest BCUT2D eigenvalue weighted by atomic mass is 19.1. The first-order valence-electron chi connectivity index (χ1n) is 9.01. The predicted molar refractivity (Wildman–Crippen MR) is 101 cm³/mol. The summed E-state index contributed by atoms with van der Waals surface area (Å²) in [6, 6.07) is 21.9. The average Bonchev–Trinajstić information content (AvgIpc) is 2.93.